The number of piperidine rings is 1. The molecule has 0 spiro atoms. The molecule has 6 heteroatoms. The number of nitrogens with one attached hydrogen (secondary N) is 1. The zero-order valence-electron chi connectivity index (χ0n) is 26.5. The molecule has 2 bridgehead atoms. The number of allylic oxidation sites excluding steroid dienone is 1. The summed E-state index contributed by atoms with van der Waals surface area (Å²) in [5, 5.41) is 41.3. The average Bonchev–Trinajstić information content (AvgIpc) is 2.97. The van der Waals surface area contributed by atoms with Crippen LogP contribution in [-0.4, -0.2) is 57.0 Å². The Labute approximate surface area is 257 Å². The van der Waals surface area contributed by atoms with Crippen molar-refractivity contribution >= 4 is 0 Å². The van der Waals surface area contributed by atoms with E-state index < -0.39 is 0 Å². The van der Waals surface area contributed by atoms with E-state index in [9.17, 15) is 20.4 Å². The van der Waals surface area contributed by atoms with E-state index in [-0.39, 0.29) is 16.9 Å². The Morgan fingerprint density at radius 1 is 0.930 bits per heavy atom. The number of benzene rings is 3. The van der Waals surface area contributed by atoms with Gasteiger partial charge in [0, 0.05) is 18.6 Å². The highest BCUT2D eigenvalue weighted by molar-refractivity contribution is 5.44. The Kier molecular flexibility index (Phi) is 10.8. The van der Waals surface area contributed by atoms with Gasteiger partial charge in [-0.3, -0.25) is 4.90 Å². The number of aromatic hydroxyl groups is 4. The molecule has 3 aromatic carbocycles. The van der Waals surface area contributed by atoms with Crippen molar-refractivity contribution in [2.45, 2.75) is 84.2 Å². The number of likely N-dealkylation sites (tertiary alicyclic amines) is 1. The molecular weight excluding hydrogens is 536 g/mol. The summed E-state index contributed by atoms with van der Waals surface area (Å²) in [6, 6.07) is 19.2. The lowest BCUT2D eigenvalue weighted by atomic mass is 9.59. The van der Waals surface area contributed by atoms with Gasteiger partial charge in [0.05, 0.1) is 0 Å². The number of fused-ring (bicyclic) bond motifs is 4. The minimum Gasteiger partial charge on any atom is -0.508 e. The highest BCUT2D eigenvalue weighted by Crippen LogP contribution is 2.49. The van der Waals surface area contributed by atoms with Crippen molar-refractivity contribution in [2.75, 3.05) is 19.6 Å². The zero-order chi connectivity index (χ0) is 31.1. The molecule has 4 atom stereocenters. The second kappa shape index (κ2) is 14.3. The van der Waals surface area contributed by atoms with Crippen molar-refractivity contribution in [3.05, 3.63) is 94.6 Å². The molecule has 1 saturated heterocycles. The molecule has 0 aromatic heterocycles. The summed E-state index contributed by atoms with van der Waals surface area (Å²) in [6.45, 7) is 14.3. The maximum Gasteiger partial charge on any atom is 0.157 e. The largest absolute Gasteiger partial charge is 0.508 e. The monoisotopic (exact) mass is 586 g/mol. The van der Waals surface area contributed by atoms with Gasteiger partial charge in [0.15, 0.2) is 11.5 Å². The molecule has 1 fully saturated rings. The molecule has 1 aliphatic carbocycles. The van der Waals surface area contributed by atoms with Crippen LogP contribution in [0.15, 0.2) is 72.3 Å². The molecule has 5 N–H and O–H groups in total. The van der Waals surface area contributed by atoms with E-state index in [2.05, 4.69) is 57.0 Å². The molecule has 1 heterocycles. The number of rotatable bonds is 9. The van der Waals surface area contributed by atoms with Crippen LogP contribution in [0.2, 0.25) is 0 Å². The standard InChI is InChI=1S/C19H27NO.C18H23NO3/c1-13(2)7-9-20-10-8-19(4)14(3)18(20)11-15-5-6-16(21)12-17(15)19;1-13(2-3-14-4-7-16(20)8-5-14)19-11-10-15-6-9-17(21)18(22)12-15/h5-7,12,14,18,21H,8-11H2,1-4H3;4-9,12-13,19-22H,2-3,10-11H2,1H3/t14-,18+,19+;/m0./s1. The van der Waals surface area contributed by atoms with E-state index in [0.717, 1.165) is 50.9 Å². The predicted molar refractivity (Wildman–Crippen MR) is 175 cm³/mol. The van der Waals surface area contributed by atoms with E-state index in [1.54, 1.807) is 18.2 Å². The van der Waals surface area contributed by atoms with Crippen LogP contribution in [0.4, 0.5) is 0 Å². The summed E-state index contributed by atoms with van der Waals surface area (Å²) >= 11 is 0. The van der Waals surface area contributed by atoms with E-state index in [1.165, 1.54) is 34.8 Å². The molecular formula is C37H50N2O4. The van der Waals surface area contributed by atoms with E-state index in [4.69, 9.17) is 0 Å². The van der Waals surface area contributed by atoms with Crippen molar-refractivity contribution in [1.29, 1.82) is 0 Å². The highest BCUT2D eigenvalue weighted by atomic mass is 16.3. The van der Waals surface area contributed by atoms with Gasteiger partial charge in [-0.1, -0.05) is 49.8 Å². The van der Waals surface area contributed by atoms with Crippen molar-refractivity contribution < 1.29 is 20.4 Å². The number of phenolic OH excluding ortho intramolecular Hbond substituents is 4. The second-order valence-electron chi connectivity index (χ2n) is 13.0. The lowest BCUT2D eigenvalue weighted by molar-refractivity contribution is 0.0397. The number of hydrogen-bond acceptors (Lipinski definition) is 6. The Balaban J connectivity index is 0.000000197. The summed E-state index contributed by atoms with van der Waals surface area (Å²) < 4.78 is 0. The lowest BCUT2D eigenvalue weighted by Crippen LogP contribution is -2.57. The van der Waals surface area contributed by atoms with Crippen LogP contribution in [0.25, 0.3) is 0 Å². The first-order valence-corrected chi connectivity index (χ1v) is 15.7. The topological polar surface area (TPSA) is 96.2 Å². The van der Waals surface area contributed by atoms with Crippen LogP contribution in [0.3, 0.4) is 0 Å². The molecule has 0 radical (unpaired) electrons. The first kappa shape index (κ1) is 32.4. The molecule has 232 valence electrons. The second-order valence-corrected chi connectivity index (χ2v) is 13.0. The fourth-order valence-electron chi connectivity index (χ4n) is 6.56. The number of phenols is 4. The molecule has 6 nitrogen and oxygen atoms in total. The van der Waals surface area contributed by atoms with Crippen molar-refractivity contribution in [3.63, 3.8) is 0 Å². The van der Waals surface area contributed by atoms with Gasteiger partial charge in [0.25, 0.3) is 0 Å². The van der Waals surface area contributed by atoms with Crippen LogP contribution in [0.5, 0.6) is 23.0 Å². The van der Waals surface area contributed by atoms with E-state index >= 15 is 0 Å². The lowest BCUT2D eigenvalue weighted by Gasteiger charge is -2.54. The number of aryl methyl sites for hydroxylation is 1. The quantitative estimate of drug-likeness (QED) is 0.139. The van der Waals surface area contributed by atoms with E-state index in [1.807, 2.05) is 30.3 Å². The van der Waals surface area contributed by atoms with Crippen molar-refractivity contribution in [1.82, 2.24) is 10.2 Å². The number of hydrogen-bond donors (Lipinski definition) is 5. The molecule has 43 heavy (non-hydrogen) atoms. The first-order valence-electron chi connectivity index (χ1n) is 15.7. The summed E-state index contributed by atoms with van der Waals surface area (Å²) in [5.41, 5.74) is 6.63. The van der Waals surface area contributed by atoms with E-state index in [0.29, 0.717) is 29.5 Å². The summed E-state index contributed by atoms with van der Waals surface area (Å²) in [7, 11) is 0. The Bertz CT molecular complexity index is 1380. The summed E-state index contributed by atoms with van der Waals surface area (Å²) in [5.74, 6) is 1.18. The highest BCUT2D eigenvalue weighted by Gasteiger charge is 2.48. The molecule has 5 rings (SSSR count). The van der Waals surface area contributed by atoms with Crippen LogP contribution in [0, 0.1) is 5.92 Å². The molecule has 0 amide bonds. The molecule has 1 unspecified atom stereocenters. The maximum atomic E-state index is 9.87. The molecule has 1 aliphatic heterocycles. The van der Waals surface area contributed by atoms with Gasteiger partial charge in [-0.25, -0.2) is 0 Å². The molecule has 0 saturated carbocycles. The fraction of sp³-hybridized carbons (Fsp3) is 0.459. The van der Waals surface area contributed by atoms with Gasteiger partial charge in [0.2, 0.25) is 0 Å². The molecule has 2 aliphatic rings. The Morgan fingerprint density at radius 3 is 2.33 bits per heavy atom. The van der Waals surface area contributed by atoms with Crippen LogP contribution in [0.1, 0.15) is 69.7 Å². The van der Waals surface area contributed by atoms with Gasteiger partial charge in [-0.05, 0) is 136 Å². The number of nitrogens with zero attached hydrogens (tertiary/aromatic N) is 1. The summed E-state index contributed by atoms with van der Waals surface area (Å²) in [6.07, 6.45) is 7.43. The van der Waals surface area contributed by atoms with Gasteiger partial charge in [0.1, 0.15) is 11.5 Å². The van der Waals surface area contributed by atoms with Gasteiger partial charge in [-0.2, -0.15) is 0 Å². The smallest absolute Gasteiger partial charge is 0.157 e. The third-order valence-corrected chi connectivity index (χ3v) is 9.59. The van der Waals surface area contributed by atoms with Gasteiger partial charge < -0.3 is 25.7 Å². The van der Waals surface area contributed by atoms with Crippen LogP contribution >= 0.6 is 0 Å². The normalized spacial score (nSPS) is 21.7. The SMILES string of the molecule is CC(C)=CCN1CC[C@@]2(C)c3cc(O)ccc3C[C@@H]1[C@@H]2C.CC(CCc1ccc(O)cc1)NCCc1ccc(O)c(O)c1. The zero-order valence-corrected chi connectivity index (χ0v) is 26.5. The fourth-order valence-corrected chi connectivity index (χ4v) is 6.56. The molecule has 3 aromatic rings. The van der Waals surface area contributed by atoms with Gasteiger partial charge in [-0.15, -0.1) is 0 Å². The third kappa shape index (κ3) is 8.33. The van der Waals surface area contributed by atoms with Crippen molar-refractivity contribution in [3.8, 4) is 23.0 Å². The van der Waals surface area contributed by atoms with Gasteiger partial charge >= 0.3 is 0 Å². The van der Waals surface area contributed by atoms with Crippen LogP contribution < -0.4 is 5.32 Å². The minimum absolute atomic E-state index is 0.0714. The first-order chi connectivity index (χ1) is 20.5. The predicted octanol–water partition coefficient (Wildman–Crippen LogP) is 6.84. The summed E-state index contributed by atoms with van der Waals surface area (Å²) in [4.78, 5) is 2.65. The average molecular weight is 587 g/mol. The third-order valence-electron chi connectivity index (χ3n) is 9.59. The van der Waals surface area contributed by atoms with Crippen LogP contribution in [-0.2, 0) is 24.7 Å². The maximum absolute atomic E-state index is 9.87. The Morgan fingerprint density at radius 2 is 1.63 bits per heavy atom. The minimum atomic E-state index is -0.0843. The Hall–Kier alpha value is -3.48. The van der Waals surface area contributed by atoms with Crippen molar-refractivity contribution in [2.24, 2.45) is 5.92 Å².